The molecule has 10 nitrogen and oxygen atoms in total. The average Bonchev–Trinajstić information content (AvgIpc) is 3.19. The number of para-hydroxylation sites is 2. The highest BCUT2D eigenvalue weighted by molar-refractivity contribution is 5.89. The number of aromatic nitrogens is 2. The van der Waals surface area contributed by atoms with E-state index >= 15 is 0 Å². The number of carbonyl (C=O) groups is 2. The summed E-state index contributed by atoms with van der Waals surface area (Å²) in [5, 5.41) is 14.9. The fourth-order valence-corrected chi connectivity index (χ4v) is 5.05. The van der Waals surface area contributed by atoms with Crippen LogP contribution in [0.1, 0.15) is 44.3 Å². The van der Waals surface area contributed by atoms with Crippen LogP contribution < -0.4 is 21.1 Å². The summed E-state index contributed by atoms with van der Waals surface area (Å²) in [6, 6.07) is 13.9. The standard InChI is InChI=1S/C27H35N5O5/c1-18(2)31-23-9-4-5-10-24(23)32(27(31)36)25(33)28-16-19-11-13-30(14-12-19)17-22(29-26(34)35)20-7-6-8-21(15-20)37-3/h4-10,15,18-19,22,29H,11-14,16-17H2,1-3H3,(H,28,33)(H,34,35). The van der Waals surface area contributed by atoms with Gasteiger partial charge in [-0.05, 0) is 75.5 Å². The third-order valence-electron chi connectivity index (χ3n) is 6.98. The molecule has 0 saturated carbocycles. The van der Waals surface area contributed by atoms with Gasteiger partial charge in [-0.1, -0.05) is 24.3 Å². The molecule has 2 heterocycles. The highest BCUT2D eigenvalue weighted by Crippen LogP contribution is 2.23. The van der Waals surface area contributed by atoms with Crippen LogP contribution in [0.15, 0.2) is 53.3 Å². The molecule has 1 saturated heterocycles. The highest BCUT2D eigenvalue weighted by Gasteiger charge is 2.25. The number of imidazole rings is 1. The number of ether oxygens (including phenoxy) is 1. The zero-order valence-corrected chi connectivity index (χ0v) is 21.5. The van der Waals surface area contributed by atoms with Crippen molar-refractivity contribution < 1.29 is 19.4 Å². The normalized spacial score (nSPS) is 15.6. The number of nitrogens with one attached hydrogen (secondary N) is 2. The molecule has 1 aliphatic rings. The van der Waals surface area contributed by atoms with Gasteiger partial charge < -0.3 is 25.4 Å². The topological polar surface area (TPSA) is 118 Å². The summed E-state index contributed by atoms with van der Waals surface area (Å²) in [5.74, 6) is 0.955. The van der Waals surface area contributed by atoms with Gasteiger partial charge in [-0.15, -0.1) is 0 Å². The predicted octanol–water partition coefficient (Wildman–Crippen LogP) is 3.67. The molecule has 4 rings (SSSR count). The Bertz CT molecular complexity index is 1310. The molecule has 198 valence electrons. The summed E-state index contributed by atoms with van der Waals surface area (Å²) in [6.07, 6.45) is 0.654. The van der Waals surface area contributed by atoms with Gasteiger partial charge in [0.15, 0.2) is 0 Å². The zero-order valence-electron chi connectivity index (χ0n) is 21.5. The third kappa shape index (κ3) is 5.96. The number of hydrogen-bond acceptors (Lipinski definition) is 5. The largest absolute Gasteiger partial charge is 0.497 e. The maximum atomic E-state index is 13.0. The molecule has 1 aliphatic heterocycles. The molecule has 1 fully saturated rings. The Balaban J connectivity index is 1.35. The van der Waals surface area contributed by atoms with Gasteiger partial charge in [0, 0.05) is 19.1 Å². The number of hydrogen-bond donors (Lipinski definition) is 3. The van der Waals surface area contributed by atoms with E-state index in [-0.39, 0.29) is 23.7 Å². The van der Waals surface area contributed by atoms with Crippen molar-refractivity contribution >= 4 is 23.2 Å². The number of nitrogens with zero attached hydrogens (tertiary/aromatic N) is 3. The van der Waals surface area contributed by atoms with Crippen molar-refractivity contribution in [3.8, 4) is 5.75 Å². The molecule has 0 spiro atoms. The molecule has 1 unspecified atom stereocenters. The SMILES string of the molecule is COc1cccc(C(CN2CCC(CNC(=O)n3c(=O)n(C(C)C)c4ccccc43)CC2)NC(=O)O)c1. The number of methoxy groups -OCH3 is 1. The van der Waals surface area contributed by atoms with Crippen molar-refractivity contribution in [1.29, 1.82) is 0 Å². The van der Waals surface area contributed by atoms with Gasteiger partial charge in [-0.2, -0.15) is 0 Å². The van der Waals surface area contributed by atoms with Gasteiger partial charge in [0.25, 0.3) is 0 Å². The Hall–Kier alpha value is -3.79. The molecule has 1 aromatic heterocycles. The molecule has 3 N–H and O–H groups in total. The minimum absolute atomic E-state index is 0.0628. The summed E-state index contributed by atoms with van der Waals surface area (Å²) in [5.41, 5.74) is 1.86. The van der Waals surface area contributed by atoms with E-state index in [4.69, 9.17) is 4.74 Å². The number of fused-ring (bicyclic) bond motifs is 1. The Morgan fingerprint density at radius 1 is 1.08 bits per heavy atom. The van der Waals surface area contributed by atoms with Crippen LogP contribution in [0, 0.1) is 5.92 Å². The van der Waals surface area contributed by atoms with Crippen LogP contribution in [0.5, 0.6) is 5.75 Å². The summed E-state index contributed by atoms with van der Waals surface area (Å²) >= 11 is 0. The maximum absolute atomic E-state index is 13.0. The van der Waals surface area contributed by atoms with Gasteiger partial charge >= 0.3 is 17.8 Å². The number of benzene rings is 2. The highest BCUT2D eigenvalue weighted by atomic mass is 16.5. The van der Waals surface area contributed by atoms with Crippen LogP contribution in [-0.2, 0) is 0 Å². The fraction of sp³-hybridized carbons (Fsp3) is 0.444. The second-order valence-corrected chi connectivity index (χ2v) is 9.78. The number of likely N-dealkylation sites (tertiary alicyclic amines) is 1. The second-order valence-electron chi connectivity index (χ2n) is 9.78. The van der Waals surface area contributed by atoms with Gasteiger partial charge in [0.05, 0.1) is 24.2 Å². The average molecular weight is 510 g/mol. The molecule has 10 heteroatoms. The molecule has 2 aromatic carbocycles. The summed E-state index contributed by atoms with van der Waals surface area (Å²) in [4.78, 5) is 39.7. The Morgan fingerprint density at radius 3 is 2.43 bits per heavy atom. The molecule has 37 heavy (non-hydrogen) atoms. The van der Waals surface area contributed by atoms with Crippen LogP contribution in [0.3, 0.4) is 0 Å². The van der Waals surface area contributed by atoms with E-state index in [1.54, 1.807) is 17.7 Å². The van der Waals surface area contributed by atoms with E-state index in [0.717, 1.165) is 37.0 Å². The molecule has 1 atom stereocenters. The summed E-state index contributed by atoms with van der Waals surface area (Å²) < 4.78 is 8.15. The Morgan fingerprint density at radius 2 is 1.78 bits per heavy atom. The zero-order chi connectivity index (χ0) is 26.5. The maximum Gasteiger partial charge on any atom is 0.405 e. The van der Waals surface area contributed by atoms with Gasteiger partial charge in [0.1, 0.15) is 5.75 Å². The first kappa shape index (κ1) is 26.3. The number of rotatable bonds is 8. The molecule has 0 aliphatic carbocycles. The van der Waals surface area contributed by atoms with E-state index < -0.39 is 12.1 Å². The Labute approximate surface area is 215 Å². The number of piperidine rings is 1. The molecule has 3 aromatic rings. The van der Waals surface area contributed by atoms with Crippen LogP contribution in [0.25, 0.3) is 11.0 Å². The van der Waals surface area contributed by atoms with E-state index in [0.29, 0.717) is 24.4 Å². The lowest BCUT2D eigenvalue weighted by Gasteiger charge is -2.34. The van der Waals surface area contributed by atoms with Crippen molar-refractivity contribution in [3.63, 3.8) is 0 Å². The summed E-state index contributed by atoms with van der Waals surface area (Å²) in [7, 11) is 1.58. The number of carboxylic acid groups (broad SMARTS) is 1. The van der Waals surface area contributed by atoms with Crippen molar-refractivity contribution in [2.75, 3.05) is 33.3 Å². The monoisotopic (exact) mass is 509 g/mol. The first-order valence-electron chi connectivity index (χ1n) is 12.6. The van der Waals surface area contributed by atoms with Gasteiger partial charge in [0.2, 0.25) is 0 Å². The van der Waals surface area contributed by atoms with Crippen molar-refractivity contribution in [2.24, 2.45) is 5.92 Å². The van der Waals surface area contributed by atoms with E-state index in [9.17, 15) is 19.5 Å². The quantitative estimate of drug-likeness (QED) is 0.427. The lowest BCUT2D eigenvalue weighted by atomic mass is 9.96. The number of carbonyl (C=O) groups excluding carboxylic acids is 1. The van der Waals surface area contributed by atoms with Crippen LogP contribution >= 0.6 is 0 Å². The van der Waals surface area contributed by atoms with Crippen LogP contribution in [0.4, 0.5) is 9.59 Å². The smallest absolute Gasteiger partial charge is 0.405 e. The summed E-state index contributed by atoms with van der Waals surface area (Å²) in [6.45, 7) is 6.45. The predicted molar refractivity (Wildman–Crippen MR) is 141 cm³/mol. The molecule has 0 radical (unpaired) electrons. The lowest BCUT2D eigenvalue weighted by molar-refractivity contribution is 0.156. The molecule has 0 bridgehead atoms. The van der Waals surface area contributed by atoms with E-state index in [1.165, 1.54) is 4.57 Å². The first-order valence-corrected chi connectivity index (χ1v) is 12.6. The minimum Gasteiger partial charge on any atom is -0.497 e. The minimum atomic E-state index is -1.07. The molecule has 2 amide bonds. The van der Waals surface area contributed by atoms with Crippen LogP contribution in [-0.4, -0.2) is 64.6 Å². The van der Waals surface area contributed by atoms with Gasteiger partial charge in [-0.3, -0.25) is 4.57 Å². The molecular formula is C27H35N5O5. The Kier molecular flexibility index (Phi) is 8.17. The van der Waals surface area contributed by atoms with Crippen LogP contribution in [0.2, 0.25) is 0 Å². The van der Waals surface area contributed by atoms with Crippen molar-refractivity contribution in [3.05, 3.63) is 64.6 Å². The molecular weight excluding hydrogens is 474 g/mol. The lowest BCUT2D eigenvalue weighted by Crippen LogP contribution is -2.44. The fourth-order valence-electron chi connectivity index (χ4n) is 5.05. The second kappa shape index (κ2) is 11.5. The third-order valence-corrected chi connectivity index (χ3v) is 6.98. The number of amides is 2. The first-order chi connectivity index (χ1) is 17.8. The van der Waals surface area contributed by atoms with Crippen molar-refractivity contribution in [2.45, 2.75) is 38.8 Å². The van der Waals surface area contributed by atoms with Gasteiger partial charge in [-0.25, -0.2) is 19.0 Å². The van der Waals surface area contributed by atoms with E-state index in [1.807, 2.05) is 56.3 Å². The van der Waals surface area contributed by atoms with E-state index in [2.05, 4.69) is 15.5 Å². The van der Waals surface area contributed by atoms with Crippen molar-refractivity contribution in [1.82, 2.24) is 24.7 Å².